The molecule has 0 bridgehead atoms. The molecule has 1 aliphatic rings. The van der Waals surface area contributed by atoms with Crippen molar-refractivity contribution in [3.63, 3.8) is 0 Å². The lowest BCUT2D eigenvalue weighted by atomic mass is 9.89. The number of nitrogens with one attached hydrogen (secondary N) is 1. The number of aryl methyl sites for hydroxylation is 1. The number of hydrogen-bond donors (Lipinski definition) is 1. The van der Waals surface area contributed by atoms with Crippen LogP contribution in [0.4, 0.5) is 0 Å². The monoisotopic (exact) mass is 223 g/mol. The topological polar surface area (TPSA) is 12.0 Å². The van der Waals surface area contributed by atoms with Crippen LogP contribution in [0.3, 0.4) is 0 Å². The van der Waals surface area contributed by atoms with E-state index < -0.39 is 0 Å². The van der Waals surface area contributed by atoms with Gasteiger partial charge in [-0.05, 0) is 56.0 Å². The highest BCUT2D eigenvalue weighted by Crippen LogP contribution is 2.32. The summed E-state index contributed by atoms with van der Waals surface area (Å²) in [5.41, 5.74) is 2.80. The van der Waals surface area contributed by atoms with Gasteiger partial charge in [0.1, 0.15) is 0 Å². The Morgan fingerprint density at radius 1 is 1.40 bits per heavy atom. The summed E-state index contributed by atoms with van der Waals surface area (Å²) in [7, 11) is 0. The molecule has 0 spiro atoms. The van der Waals surface area contributed by atoms with Crippen LogP contribution in [0.2, 0.25) is 5.02 Å². The molecule has 2 heteroatoms. The fraction of sp³-hybridized carbons (Fsp3) is 0.538. The Labute approximate surface area is 96.8 Å². The molecule has 2 rings (SSSR count). The Kier molecular flexibility index (Phi) is 3.03. The van der Waals surface area contributed by atoms with E-state index in [9.17, 15) is 0 Å². The minimum absolute atomic E-state index is 0.134. The van der Waals surface area contributed by atoms with E-state index in [0.29, 0.717) is 0 Å². The maximum Gasteiger partial charge on any atom is 0.0412 e. The maximum absolute atomic E-state index is 6.14. The molecule has 1 aliphatic heterocycles. The number of benzene rings is 1. The molecule has 0 radical (unpaired) electrons. The van der Waals surface area contributed by atoms with Crippen molar-refractivity contribution in [2.24, 2.45) is 0 Å². The lowest BCUT2D eigenvalue weighted by Gasteiger charge is -2.25. The first kappa shape index (κ1) is 11.0. The Hall–Kier alpha value is -0.530. The van der Waals surface area contributed by atoms with Crippen LogP contribution in [0.5, 0.6) is 0 Å². The number of hydrogen-bond acceptors (Lipinski definition) is 1. The Balaban J connectivity index is 2.38. The molecule has 1 aromatic rings. The van der Waals surface area contributed by atoms with Gasteiger partial charge in [-0.2, -0.15) is 0 Å². The van der Waals surface area contributed by atoms with Crippen molar-refractivity contribution in [1.82, 2.24) is 5.32 Å². The van der Waals surface area contributed by atoms with Crippen LogP contribution in [-0.4, -0.2) is 6.54 Å². The van der Waals surface area contributed by atoms with Crippen molar-refractivity contribution in [2.75, 3.05) is 6.54 Å². The normalized spacial score (nSPS) is 25.8. The van der Waals surface area contributed by atoms with Crippen LogP contribution < -0.4 is 5.32 Å². The SMILES string of the molecule is CCc1cc(Cl)cc(C2(C)CCCN2)c1. The summed E-state index contributed by atoms with van der Waals surface area (Å²) in [4.78, 5) is 0. The van der Waals surface area contributed by atoms with Gasteiger partial charge in [-0.15, -0.1) is 0 Å². The van der Waals surface area contributed by atoms with Gasteiger partial charge in [0.25, 0.3) is 0 Å². The Morgan fingerprint density at radius 3 is 2.80 bits per heavy atom. The molecule has 1 aromatic carbocycles. The predicted molar refractivity (Wildman–Crippen MR) is 65.4 cm³/mol. The number of rotatable bonds is 2. The minimum Gasteiger partial charge on any atom is -0.308 e. The second-order valence-corrected chi connectivity index (χ2v) is 5.00. The standard InChI is InChI=1S/C13H18ClN/c1-3-10-7-11(9-12(14)8-10)13(2)5-4-6-15-13/h7-9,15H,3-6H2,1-2H3. The summed E-state index contributed by atoms with van der Waals surface area (Å²) in [6.07, 6.45) is 3.50. The smallest absolute Gasteiger partial charge is 0.0412 e. The molecule has 1 atom stereocenters. The highest BCUT2D eigenvalue weighted by atomic mass is 35.5. The molecule has 1 fully saturated rings. The van der Waals surface area contributed by atoms with E-state index in [0.717, 1.165) is 18.0 Å². The third-order valence-electron chi connectivity index (χ3n) is 3.37. The van der Waals surface area contributed by atoms with Crippen molar-refractivity contribution in [2.45, 2.75) is 38.6 Å². The van der Waals surface area contributed by atoms with Crippen LogP contribution in [-0.2, 0) is 12.0 Å². The van der Waals surface area contributed by atoms with Crippen LogP contribution in [0.25, 0.3) is 0 Å². The molecule has 0 aliphatic carbocycles. The zero-order chi connectivity index (χ0) is 10.9. The van der Waals surface area contributed by atoms with Gasteiger partial charge in [-0.3, -0.25) is 0 Å². The molecule has 1 heterocycles. The van der Waals surface area contributed by atoms with E-state index in [1.165, 1.54) is 24.0 Å². The van der Waals surface area contributed by atoms with Gasteiger partial charge >= 0.3 is 0 Å². The van der Waals surface area contributed by atoms with E-state index in [1.807, 2.05) is 0 Å². The van der Waals surface area contributed by atoms with E-state index in [1.54, 1.807) is 0 Å². The highest BCUT2D eigenvalue weighted by molar-refractivity contribution is 6.30. The lowest BCUT2D eigenvalue weighted by molar-refractivity contribution is 0.434. The Morgan fingerprint density at radius 2 is 2.20 bits per heavy atom. The molecule has 0 amide bonds. The summed E-state index contributed by atoms with van der Waals surface area (Å²) in [5, 5.41) is 4.43. The van der Waals surface area contributed by atoms with Crippen molar-refractivity contribution in [3.8, 4) is 0 Å². The van der Waals surface area contributed by atoms with Crippen molar-refractivity contribution >= 4 is 11.6 Å². The van der Waals surface area contributed by atoms with Gasteiger partial charge in [-0.25, -0.2) is 0 Å². The lowest BCUT2D eigenvalue weighted by Crippen LogP contribution is -2.33. The van der Waals surface area contributed by atoms with Gasteiger partial charge in [0.15, 0.2) is 0 Å². The maximum atomic E-state index is 6.14. The molecule has 15 heavy (non-hydrogen) atoms. The van der Waals surface area contributed by atoms with E-state index in [2.05, 4.69) is 37.4 Å². The number of halogens is 1. The largest absolute Gasteiger partial charge is 0.308 e. The van der Waals surface area contributed by atoms with Gasteiger partial charge < -0.3 is 5.32 Å². The van der Waals surface area contributed by atoms with Crippen LogP contribution in [0.15, 0.2) is 18.2 Å². The van der Waals surface area contributed by atoms with Gasteiger partial charge in [0.05, 0.1) is 0 Å². The molecule has 1 saturated heterocycles. The molecule has 0 aromatic heterocycles. The van der Waals surface area contributed by atoms with Crippen LogP contribution in [0.1, 0.15) is 37.8 Å². The molecule has 0 saturated carbocycles. The van der Waals surface area contributed by atoms with Gasteiger partial charge in [0, 0.05) is 10.6 Å². The first-order chi connectivity index (χ1) is 7.14. The van der Waals surface area contributed by atoms with Crippen molar-refractivity contribution in [1.29, 1.82) is 0 Å². The van der Waals surface area contributed by atoms with Crippen LogP contribution >= 0.6 is 11.6 Å². The highest BCUT2D eigenvalue weighted by Gasteiger charge is 2.30. The first-order valence-electron chi connectivity index (χ1n) is 5.69. The van der Waals surface area contributed by atoms with Gasteiger partial charge in [0.2, 0.25) is 0 Å². The average molecular weight is 224 g/mol. The minimum atomic E-state index is 0.134. The van der Waals surface area contributed by atoms with Gasteiger partial charge in [-0.1, -0.05) is 24.6 Å². The quantitative estimate of drug-likeness (QED) is 0.809. The van der Waals surface area contributed by atoms with Crippen LogP contribution in [0, 0.1) is 0 Å². The zero-order valence-corrected chi connectivity index (χ0v) is 10.2. The third kappa shape index (κ3) is 2.19. The molecule has 82 valence electrons. The second kappa shape index (κ2) is 4.15. The third-order valence-corrected chi connectivity index (χ3v) is 3.59. The molecule has 1 nitrogen and oxygen atoms in total. The second-order valence-electron chi connectivity index (χ2n) is 4.56. The predicted octanol–water partition coefficient (Wildman–Crippen LogP) is 3.50. The molecule has 1 unspecified atom stereocenters. The molecule has 1 N–H and O–H groups in total. The zero-order valence-electron chi connectivity index (χ0n) is 9.44. The van der Waals surface area contributed by atoms with E-state index in [4.69, 9.17) is 11.6 Å². The van der Waals surface area contributed by atoms with E-state index >= 15 is 0 Å². The fourth-order valence-electron chi connectivity index (χ4n) is 2.31. The Bertz CT molecular complexity index is 354. The summed E-state index contributed by atoms with van der Waals surface area (Å²) < 4.78 is 0. The summed E-state index contributed by atoms with van der Waals surface area (Å²) >= 11 is 6.14. The van der Waals surface area contributed by atoms with E-state index in [-0.39, 0.29) is 5.54 Å². The average Bonchev–Trinajstić information content (AvgIpc) is 2.65. The summed E-state index contributed by atoms with van der Waals surface area (Å²) in [6, 6.07) is 6.44. The van der Waals surface area contributed by atoms with Crippen molar-refractivity contribution in [3.05, 3.63) is 34.3 Å². The summed E-state index contributed by atoms with van der Waals surface area (Å²) in [5.74, 6) is 0. The van der Waals surface area contributed by atoms with Crippen molar-refractivity contribution < 1.29 is 0 Å². The molecular weight excluding hydrogens is 206 g/mol. The fourth-order valence-corrected chi connectivity index (χ4v) is 2.57. The first-order valence-corrected chi connectivity index (χ1v) is 6.07. The summed E-state index contributed by atoms with van der Waals surface area (Å²) in [6.45, 7) is 5.55. The molecular formula is C13H18ClN.